The highest BCUT2D eigenvalue weighted by Crippen LogP contribution is 2.17. The van der Waals surface area contributed by atoms with Crippen molar-refractivity contribution in [3.8, 4) is 5.75 Å². The summed E-state index contributed by atoms with van der Waals surface area (Å²) in [6.45, 7) is 5.36. The molecule has 5 nitrogen and oxygen atoms in total. The molecule has 0 aliphatic rings. The van der Waals surface area contributed by atoms with Crippen LogP contribution in [0.3, 0.4) is 0 Å². The van der Waals surface area contributed by atoms with Gasteiger partial charge in [-0.05, 0) is 18.6 Å². The van der Waals surface area contributed by atoms with E-state index in [1.54, 1.807) is 7.11 Å². The molecule has 0 bridgehead atoms. The third-order valence-electron chi connectivity index (χ3n) is 3.59. The predicted molar refractivity (Wildman–Crippen MR) is 102 cm³/mol. The number of para-hydroxylation sites is 1. The molecule has 0 saturated heterocycles. The van der Waals surface area contributed by atoms with Gasteiger partial charge in [-0.15, -0.1) is 0 Å². The van der Waals surface area contributed by atoms with E-state index in [1.807, 2.05) is 49.4 Å². The van der Waals surface area contributed by atoms with Crippen LogP contribution in [0.4, 0.5) is 0 Å². The molecule has 0 aliphatic carbocycles. The Morgan fingerprint density at radius 2 is 1.76 bits per heavy atom. The Morgan fingerprint density at radius 3 is 2.52 bits per heavy atom. The second-order valence-electron chi connectivity index (χ2n) is 5.47. The van der Waals surface area contributed by atoms with Crippen LogP contribution in [0.2, 0.25) is 0 Å². The van der Waals surface area contributed by atoms with Gasteiger partial charge in [-0.25, -0.2) is 4.99 Å². The van der Waals surface area contributed by atoms with Crippen molar-refractivity contribution in [1.29, 1.82) is 0 Å². The molecule has 134 valence electrons. The van der Waals surface area contributed by atoms with Crippen LogP contribution in [0.15, 0.2) is 59.6 Å². The smallest absolute Gasteiger partial charge is 0.191 e. The number of aliphatic imine (C=N–C) groups is 1. The summed E-state index contributed by atoms with van der Waals surface area (Å²) < 4.78 is 11.0. The normalized spacial score (nSPS) is 11.2. The summed E-state index contributed by atoms with van der Waals surface area (Å²) in [6.07, 6.45) is 0. The van der Waals surface area contributed by atoms with Crippen LogP contribution in [0.1, 0.15) is 18.1 Å². The molecule has 2 aromatic carbocycles. The van der Waals surface area contributed by atoms with Gasteiger partial charge in [0.2, 0.25) is 0 Å². The number of guanidine groups is 1. The van der Waals surface area contributed by atoms with Crippen molar-refractivity contribution < 1.29 is 9.47 Å². The van der Waals surface area contributed by atoms with Crippen molar-refractivity contribution in [2.24, 2.45) is 4.99 Å². The lowest BCUT2D eigenvalue weighted by molar-refractivity contribution is 0.125. The Bertz CT molecular complexity index is 644. The Labute approximate surface area is 150 Å². The monoisotopic (exact) mass is 341 g/mol. The highest BCUT2D eigenvalue weighted by atomic mass is 16.5. The van der Waals surface area contributed by atoms with Crippen LogP contribution in [0.5, 0.6) is 5.75 Å². The van der Waals surface area contributed by atoms with E-state index in [2.05, 4.69) is 27.8 Å². The zero-order valence-electron chi connectivity index (χ0n) is 15.0. The summed E-state index contributed by atoms with van der Waals surface area (Å²) in [7, 11) is 1.68. The largest absolute Gasteiger partial charge is 0.496 e. The van der Waals surface area contributed by atoms with Gasteiger partial charge in [-0.1, -0.05) is 48.5 Å². The molecule has 0 spiro atoms. The third-order valence-corrected chi connectivity index (χ3v) is 3.59. The van der Waals surface area contributed by atoms with Crippen LogP contribution in [-0.2, 0) is 17.9 Å². The van der Waals surface area contributed by atoms with E-state index < -0.39 is 0 Å². The first-order chi connectivity index (χ1) is 12.3. The zero-order chi connectivity index (χ0) is 17.7. The van der Waals surface area contributed by atoms with Gasteiger partial charge in [-0.2, -0.15) is 0 Å². The number of nitrogens with zero attached hydrogens (tertiary/aromatic N) is 1. The van der Waals surface area contributed by atoms with Gasteiger partial charge in [0.15, 0.2) is 5.96 Å². The van der Waals surface area contributed by atoms with Crippen LogP contribution < -0.4 is 15.4 Å². The maximum Gasteiger partial charge on any atom is 0.191 e. The molecule has 0 heterocycles. The molecule has 0 amide bonds. The minimum Gasteiger partial charge on any atom is -0.496 e. The van der Waals surface area contributed by atoms with Gasteiger partial charge in [0, 0.05) is 18.7 Å². The molecule has 0 aromatic heterocycles. The quantitative estimate of drug-likeness (QED) is 0.418. The van der Waals surface area contributed by atoms with Crippen LogP contribution >= 0.6 is 0 Å². The predicted octanol–water partition coefficient (Wildman–Crippen LogP) is 2.97. The second-order valence-corrected chi connectivity index (χ2v) is 5.47. The lowest BCUT2D eigenvalue weighted by atomic mass is 10.2. The number of ether oxygens (including phenoxy) is 2. The average molecular weight is 341 g/mol. The van der Waals surface area contributed by atoms with E-state index in [0.717, 1.165) is 23.8 Å². The third kappa shape index (κ3) is 6.85. The zero-order valence-corrected chi connectivity index (χ0v) is 15.0. The van der Waals surface area contributed by atoms with E-state index in [0.29, 0.717) is 26.3 Å². The first-order valence-corrected chi connectivity index (χ1v) is 8.59. The topological polar surface area (TPSA) is 54.9 Å². The van der Waals surface area contributed by atoms with E-state index in [1.165, 1.54) is 5.56 Å². The highest BCUT2D eigenvalue weighted by molar-refractivity contribution is 5.79. The van der Waals surface area contributed by atoms with E-state index >= 15 is 0 Å². The number of benzene rings is 2. The van der Waals surface area contributed by atoms with Crippen LogP contribution in [0.25, 0.3) is 0 Å². The van der Waals surface area contributed by atoms with E-state index in [4.69, 9.17) is 9.47 Å². The Hall–Kier alpha value is -2.53. The van der Waals surface area contributed by atoms with Gasteiger partial charge < -0.3 is 20.1 Å². The molecule has 0 fully saturated rings. The summed E-state index contributed by atoms with van der Waals surface area (Å²) >= 11 is 0. The highest BCUT2D eigenvalue weighted by Gasteiger charge is 2.02. The Balaban J connectivity index is 1.77. The standard InChI is InChI=1S/C20H27N3O2/c1-3-21-20(23-15-18-11-7-8-12-19(18)24-2)22-13-14-25-16-17-9-5-4-6-10-17/h4-12H,3,13-16H2,1-2H3,(H2,21,22,23). The molecule has 2 aromatic rings. The average Bonchev–Trinajstić information content (AvgIpc) is 2.66. The molecule has 0 aliphatic heterocycles. The molecule has 0 unspecified atom stereocenters. The minimum absolute atomic E-state index is 0.560. The molecule has 2 rings (SSSR count). The molecule has 0 saturated carbocycles. The van der Waals surface area contributed by atoms with Crippen LogP contribution in [0, 0.1) is 0 Å². The lowest BCUT2D eigenvalue weighted by Crippen LogP contribution is -2.39. The van der Waals surface area contributed by atoms with Crippen LogP contribution in [-0.4, -0.2) is 32.8 Å². The van der Waals surface area contributed by atoms with E-state index in [9.17, 15) is 0 Å². The molecule has 0 radical (unpaired) electrons. The maximum absolute atomic E-state index is 5.68. The number of rotatable bonds is 9. The number of hydrogen-bond acceptors (Lipinski definition) is 3. The molecule has 2 N–H and O–H groups in total. The van der Waals surface area contributed by atoms with Crippen molar-refractivity contribution in [3.63, 3.8) is 0 Å². The fraction of sp³-hybridized carbons (Fsp3) is 0.350. The van der Waals surface area contributed by atoms with Crippen molar-refractivity contribution in [3.05, 3.63) is 65.7 Å². The molecule has 25 heavy (non-hydrogen) atoms. The maximum atomic E-state index is 5.68. The van der Waals surface area contributed by atoms with Crippen molar-refractivity contribution in [1.82, 2.24) is 10.6 Å². The van der Waals surface area contributed by atoms with Gasteiger partial charge in [0.1, 0.15) is 5.75 Å². The minimum atomic E-state index is 0.560. The number of nitrogens with one attached hydrogen (secondary N) is 2. The van der Waals surface area contributed by atoms with Gasteiger partial charge >= 0.3 is 0 Å². The van der Waals surface area contributed by atoms with Crippen molar-refractivity contribution in [2.45, 2.75) is 20.1 Å². The SMILES string of the molecule is CCNC(=NCc1ccccc1OC)NCCOCc1ccccc1. The number of methoxy groups -OCH3 is 1. The van der Waals surface area contributed by atoms with Gasteiger partial charge in [0.05, 0.1) is 26.9 Å². The summed E-state index contributed by atoms with van der Waals surface area (Å²) in [5.41, 5.74) is 2.24. The lowest BCUT2D eigenvalue weighted by Gasteiger charge is -2.12. The summed E-state index contributed by atoms with van der Waals surface area (Å²) in [5.74, 6) is 1.63. The molecular formula is C20H27N3O2. The summed E-state index contributed by atoms with van der Waals surface area (Å²) in [6, 6.07) is 18.1. The fourth-order valence-electron chi connectivity index (χ4n) is 2.35. The summed E-state index contributed by atoms with van der Waals surface area (Å²) in [4.78, 5) is 4.61. The van der Waals surface area contributed by atoms with Gasteiger partial charge in [-0.3, -0.25) is 0 Å². The Kier molecular flexibility index (Phi) is 8.35. The summed E-state index contributed by atoms with van der Waals surface area (Å²) in [5, 5.41) is 6.53. The van der Waals surface area contributed by atoms with E-state index in [-0.39, 0.29) is 0 Å². The molecular weight excluding hydrogens is 314 g/mol. The first-order valence-electron chi connectivity index (χ1n) is 8.59. The second kappa shape index (κ2) is 11.1. The number of hydrogen-bond donors (Lipinski definition) is 2. The molecule has 5 heteroatoms. The van der Waals surface area contributed by atoms with Crippen molar-refractivity contribution in [2.75, 3.05) is 26.8 Å². The van der Waals surface area contributed by atoms with Crippen molar-refractivity contribution >= 4 is 5.96 Å². The first kappa shape index (κ1) is 18.8. The Morgan fingerprint density at radius 1 is 1.00 bits per heavy atom. The van der Waals surface area contributed by atoms with Gasteiger partial charge in [0.25, 0.3) is 0 Å². The fourth-order valence-corrected chi connectivity index (χ4v) is 2.35. The molecule has 0 atom stereocenters.